The van der Waals surface area contributed by atoms with Gasteiger partial charge in [0.25, 0.3) is 0 Å². The molecule has 0 radical (unpaired) electrons. The average Bonchev–Trinajstić information content (AvgIpc) is 2.43. The van der Waals surface area contributed by atoms with Crippen molar-refractivity contribution in [2.75, 3.05) is 25.9 Å². The Labute approximate surface area is 132 Å². The SMILES string of the molecule is CN=C(NCc1cccc(C)n1)N1CCS(=O)(=O)C(C)(C)C1. The predicted octanol–water partition coefficient (Wildman–Crippen LogP) is 0.974. The Hall–Kier alpha value is -1.63. The van der Waals surface area contributed by atoms with E-state index >= 15 is 0 Å². The summed E-state index contributed by atoms with van der Waals surface area (Å²) in [5.41, 5.74) is 1.91. The van der Waals surface area contributed by atoms with E-state index in [2.05, 4.69) is 15.3 Å². The first-order valence-electron chi connectivity index (χ1n) is 7.35. The molecule has 0 saturated carbocycles. The van der Waals surface area contributed by atoms with Crippen molar-refractivity contribution in [2.45, 2.75) is 32.1 Å². The first-order valence-corrected chi connectivity index (χ1v) is 9.01. The smallest absolute Gasteiger partial charge is 0.194 e. The van der Waals surface area contributed by atoms with Crippen molar-refractivity contribution in [3.8, 4) is 0 Å². The fourth-order valence-electron chi connectivity index (χ4n) is 2.52. The van der Waals surface area contributed by atoms with Crippen LogP contribution in [0, 0.1) is 6.92 Å². The van der Waals surface area contributed by atoms with Gasteiger partial charge in [-0.1, -0.05) is 6.07 Å². The minimum absolute atomic E-state index is 0.156. The van der Waals surface area contributed by atoms with Crippen molar-refractivity contribution in [3.63, 3.8) is 0 Å². The van der Waals surface area contributed by atoms with Crippen molar-refractivity contribution < 1.29 is 8.42 Å². The van der Waals surface area contributed by atoms with Crippen LogP contribution in [0.4, 0.5) is 0 Å². The molecule has 1 aliphatic heterocycles. The minimum Gasteiger partial charge on any atom is -0.351 e. The van der Waals surface area contributed by atoms with E-state index in [1.165, 1.54) is 0 Å². The summed E-state index contributed by atoms with van der Waals surface area (Å²) in [6.07, 6.45) is 0. The number of hydrogen-bond acceptors (Lipinski definition) is 4. The third-order valence-corrected chi connectivity index (χ3v) is 6.46. The lowest BCUT2D eigenvalue weighted by atomic mass is 10.2. The number of rotatable bonds is 2. The van der Waals surface area contributed by atoms with Gasteiger partial charge in [0.15, 0.2) is 15.8 Å². The van der Waals surface area contributed by atoms with E-state index in [-0.39, 0.29) is 5.75 Å². The molecule has 0 aliphatic carbocycles. The summed E-state index contributed by atoms with van der Waals surface area (Å²) in [7, 11) is -1.33. The van der Waals surface area contributed by atoms with Gasteiger partial charge in [-0.3, -0.25) is 9.98 Å². The lowest BCUT2D eigenvalue weighted by molar-refractivity contribution is 0.353. The van der Waals surface area contributed by atoms with Crippen LogP contribution in [0.3, 0.4) is 0 Å². The van der Waals surface area contributed by atoms with Crippen LogP contribution in [0.2, 0.25) is 0 Å². The molecule has 0 atom stereocenters. The number of nitrogens with zero attached hydrogens (tertiary/aromatic N) is 3. The molecule has 6 nitrogen and oxygen atoms in total. The summed E-state index contributed by atoms with van der Waals surface area (Å²) in [6.45, 7) is 6.96. The monoisotopic (exact) mass is 324 g/mol. The molecule has 0 aromatic carbocycles. The van der Waals surface area contributed by atoms with Gasteiger partial charge < -0.3 is 10.2 Å². The Balaban J connectivity index is 2.04. The second kappa shape index (κ2) is 6.24. The maximum absolute atomic E-state index is 12.1. The van der Waals surface area contributed by atoms with Crippen LogP contribution in [-0.2, 0) is 16.4 Å². The van der Waals surface area contributed by atoms with E-state index in [0.29, 0.717) is 25.6 Å². The zero-order valence-electron chi connectivity index (χ0n) is 13.6. The molecule has 1 fully saturated rings. The third-order valence-electron chi connectivity index (χ3n) is 3.93. The number of hydrogen-bond donors (Lipinski definition) is 1. The number of aryl methyl sites for hydroxylation is 1. The second-order valence-corrected chi connectivity index (χ2v) is 8.91. The Kier molecular flexibility index (Phi) is 4.75. The highest BCUT2D eigenvalue weighted by molar-refractivity contribution is 7.92. The van der Waals surface area contributed by atoms with Crippen LogP contribution >= 0.6 is 0 Å². The average molecular weight is 324 g/mol. The Bertz CT molecular complexity index is 668. The second-order valence-electron chi connectivity index (χ2n) is 6.17. The van der Waals surface area contributed by atoms with E-state index in [1.54, 1.807) is 20.9 Å². The summed E-state index contributed by atoms with van der Waals surface area (Å²) < 4.78 is 23.4. The van der Waals surface area contributed by atoms with E-state index in [9.17, 15) is 8.42 Å². The molecule has 1 saturated heterocycles. The Morgan fingerprint density at radius 3 is 2.77 bits per heavy atom. The summed E-state index contributed by atoms with van der Waals surface area (Å²) in [6, 6.07) is 5.88. The van der Waals surface area contributed by atoms with E-state index < -0.39 is 14.6 Å². The molecule has 1 aliphatic rings. The van der Waals surface area contributed by atoms with Crippen LogP contribution in [0.1, 0.15) is 25.2 Å². The van der Waals surface area contributed by atoms with E-state index in [1.807, 2.05) is 30.0 Å². The fourth-order valence-corrected chi connectivity index (χ4v) is 3.89. The molecular formula is C15H24N4O2S. The zero-order valence-corrected chi connectivity index (χ0v) is 14.4. The third kappa shape index (κ3) is 3.58. The molecule has 7 heteroatoms. The summed E-state index contributed by atoms with van der Waals surface area (Å²) >= 11 is 0. The molecule has 0 amide bonds. The number of nitrogens with one attached hydrogen (secondary N) is 1. The van der Waals surface area contributed by atoms with Crippen molar-refractivity contribution in [1.29, 1.82) is 0 Å². The summed E-state index contributed by atoms with van der Waals surface area (Å²) in [5.74, 6) is 0.870. The van der Waals surface area contributed by atoms with Gasteiger partial charge in [0, 0.05) is 25.8 Å². The predicted molar refractivity (Wildman–Crippen MR) is 88.6 cm³/mol. The molecular weight excluding hydrogens is 300 g/mol. The van der Waals surface area contributed by atoms with Gasteiger partial charge in [0.2, 0.25) is 0 Å². The van der Waals surface area contributed by atoms with Crippen molar-refractivity contribution in [3.05, 3.63) is 29.6 Å². The van der Waals surface area contributed by atoms with Crippen LogP contribution in [0.5, 0.6) is 0 Å². The van der Waals surface area contributed by atoms with Crippen LogP contribution in [0.25, 0.3) is 0 Å². The van der Waals surface area contributed by atoms with Gasteiger partial charge in [-0.25, -0.2) is 8.42 Å². The summed E-state index contributed by atoms with van der Waals surface area (Å²) in [4.78, 5) is 10.7. The molecule has 0 bridgehead atoms. The van der Waals surface area contributed by atoms with Crippen molar-refractivity contribution >= 4 is 15.8 Å². The maximum Gasteiger partial charge on any atom is 0.194 e. The highest BCUT2D eigenvalue weighted by Gasteiger charge is 2.40. The quantitative estimate of drug-likeness (QED) is 0.648. The molecule has 0 spiro atoms. The van der Waals surface area contributed by atoms with Crippen LogP contribution in [0.15, 0.2) is 23.2 Å². The normalized spacial score (nSPS) is 20.7. The molecule has 1 aromatic rings. The fraction of sp³-hybridized carbons (Fsp3) is 0.600. The van der Waals surface area contributed by atoms with Gasteiger partial charge in [0.05, 0.1) is 22.7 Å². The topological polar surface area (TPSA) is 74.7 Å². The Morgan fingerprint density at radius 1 is 1.45 bits per heavy atom. The number of guanidine groups is 1. The van der Waals surface area contributed by atoms with Crippen molar-refractivity contribution in [1.82, 2.24) is 15.2 Å². The molecule has 2 rings (SSSR count). The largest absolute Gasteiger partial charge is 0.351 e. The van der Waals surface area contributed by atoms with Gasteiger partial charge in [0.1, 0.15) is 0 Å². The molecule has 0 unspecified atom stereocenters. The minimum atomic E-state index is -3.05. The highest BCUT2D eigenvalue weighted by atomic mass is 32.2. The van der Waals surface area contributed by atoms with Crippen LogP contribution < -0.4 is 5.32 Å². The van der Waals surface area contributed by atoms with Gasteiger partial charge in [-0.15, -0.1) is 0 Å². The molecule has 22 heavy (non-hydrogen) atoms. The van der Waals surface area contributed by atoms with Crippen LogP contribution in [-0.4, -0.2) is 54.9 Å². The Morgan fingerprint density at radius 2 is 2.18 bits per heavy atom. The first-order chi connectivity index (χ1) is 10.2. The lowest BCUT2D eigenvalue weighted by Crippen LogP contribution is -2.57. The molecule has 1 N–H and O–H groups in total. The van der Waals surface area contributed by atoms with Gasteiger partial charge >= 0.3 is 0 Å². The summed E-state index contributed by atoms with van der Waals surface area (Å²) in [5, 5.41) is 3.27. The molecule has 122 valence electrons. The standard InChI is InChI=1S/C15H24N4O2S/c1-12-6-5-7-13(18-12)10-17-14(16-4)19-8-9-22(20,21)15(2,3)11-19/h5-7H,8-11H2,1-4H3,(H,16,17). The van der Waals surface area contributed by atoms with E-state index in [0.717, 1.165) is 11.4 Å². The zero-order chi connectivity index (χ0) is 16.4. The maximum atomic E-state index is 12.1. The van der Waals surface area contributed by atoms with Crippen molar-refractivity contribution in [2.24, 2.45) is 4.99 Å². The number of aromatic nitrogens is 1. The number of pyridine rings is 1. The van der Waals surface area contributed by atoms with E-state index in [4.69, 9.17) is 0 Å². The molecule has 2 heterocycles. The highest BCUT2D eigenvalue weighted by Crippen LogP contribution is 2.23. The first kappa shape index (κ1) is 16.7. The van der Waals surface area contributed by atoms with Gasteiger partial charge in [-0.2, -0.15) is 0 Å². The number of aliphatic imine (C=N–C) groups is 1. The van der Waals surface area contributed by atoms with Gasteiger partial charge in [-0.05, 0) is 32.9 Å². The lowest BCUT2D eigenvalue weighted by Gasteiger charge is -2.39. The molecule has 1 aromatic heterocycles. The number of sulfone groups is 1.